The number of aryl methyl sites for hydroxylation is 1. The fraction of sp³-hybridized carbons (Fsp3) is 0.143. The van der Waals surface area contributed by atoms with Gasteiger partial charge in [0, 0.05) is 21.9 Å². The first kappa shape index (κ1) is 16.6. The molecule has 0 atom stereocenters. The Bertz CT molecular complexity index is 1380. The number of hydrogen-bond acceptors (Lipinski definition) is 0. The van der Waals surface area contributed by atoms with Crippen molar-refractivity contribution in [3.63, 3.8) is 0 Å². The van der Waals surface area contributed by atoms with Crippen molar-refractivity contribution in [3.8, 4) is 16.8 Å². The van der Waals surface area contributed by atoms with E-state index >= 15 is 0 Å². The highest BCUT2D eigenvalue weighted by Crippen LogP contribution is 2.49. The minimum Gasteiger partial charge on any atom is -0.309 e. The molecule has 1 heterocycles. The van der Waals surface area contributed by atoms with E-state index in [1.54, 1.807) is 0 Å². The lowest BCUT2D eigenvalue weighted by Crippen LogP contribution is -2.15. The Morgan fingerprint density at radius 2 is 1.28 bits per heavy atom. The smallest absolute Gasteiger partial charge is 0.0541 e. The summed E-state index contributed by atoms with van der Waals surface area (Å²) in [7, 11) is 0. The molecule has 0 bridgehead atoms. The van der Waals surface area contributed by atoms with Crippen LogP contribution in [0.5, 0.6) is 0 Å². The van der Waals surface area contributed by atoms with E-state index in [1.165, 1.54) is 55.3 Å². The summed E-state index contributed by atoms with van der Waals surface area (Å²) < 4.78 is 2.41. The number of hydrogen-bond donors (Lipinski definition) is 0. The molecule has 1 heteroatoms. The largest absolute Gasteiger partial charge is 0.309 e. The minimum atomic E-state index is 0.0377. The summed E-state index contributed by atoms with van der Waals surface area (Å²) in [5.41, 5.74) is 10.7. The highest BCUT2D eigenvalue weighted by molar-refractivity contribution is 6.09. The van der Waals surface area contributed by atoms with Gasteiger partial charge in [-0.2, -0.15) is 0 Å². The van der Waals surface area contributed by atoms with Crippen LogP contribution < -0.4 is 0 Å². The summed E-state index contributed by atoms with van der Waals surface area (Å²) in [6.45, 7) is 6.87. The number of para-hydroxylation sites is 2. The van der Waals surface area contributed by atoms with E-state index in [0.717, 1.165) is 0 Å². The topological polar surface area (TPSA) is 4.93 Å². The lowest BCUT2D eigenvalue weighted by molar-refractivity contribution is 0.659. The van der Waals surface area contributed by atoms with Gasteiger partial charge in [0.2, 0.25) is 0 Å². The number of benzene rings is 4. The van der Waals surface area contributed by atoms with Crippen LogP contribution >= 0.6 is 0 Å². The van der Waals surface area contributed by atoms with Crippen LogP contribution in [0.25, 0.3) is 38.6 Å². The maximum Gasteiger partial charge on any atom is 0.0541 e. The molecule has 29 heavy (non-hydrogen) atoms. The minimum absolute atomic E-state index is 0.0377. The first-order chi connectivity index (χ1) is 14.1. The van der Waals surface area contributed by atoms with Crippen LogP contribution in [0.15, 0.2) is 84.9 Å². The molecule has 0 spiro atoms. The molecule has 0 N–H and O–H groups in total. The van der Waals surface area contributed by atoms with Gasteiger partial charge in [0.25, 0.3) is 0 Å². The summed E-state index contributed by atoms with van der Waals surface area (Å²) in [5.74, 6) is 0. The SMILES string of the molecule is Cc1ccc2c(c1)C(C)(C)c1ccc(-n3c4ccccc4c4ccccc43)cc1-2. The third-order valence-electron chi connectivity index (χ3n) is 6.65. The summed E-state index contributed by atoms with van der Waals surface area (Å²) >= 11 is 0. The molecule has 0 saturated heterocycles. The summed E-state index contributed by atoms with van der Waals surface area (Å²) in [6, 6.07) is 31.3. The third-order valence-corrected chi connectivity index (χ3v) is 6.65. The van der Waals surface area contributed by atoms with Crippen molar-refractivity contribution in [2.24, 2.45) is 0 Å². The van der Waals surface area contributed by atoms with Gasteiger partial charge in [0.05, 0.1) is 11.0 Å². The van der Waals surface area contributed by atoms with E-state index in [0.29, 0.717) is 0 Å². The van der Waals surface area contributed by atoms with Crippen LogP contribution in [0, 0.1) is 6.92 Å². The van der Waals surface area contributed by atoms with Crippen molar-refractivity contribution < 1.29 is 0 Å². The van der Waals surface area contributed by atoms with E-state index in [4.69, 9.17) is 0 Å². The molecule has 140 valence electrons. The van der Waals surface area contributed by atoms with Gasteiger partial charge in [-0.15, -0.1) is 0 Å². The van der Waals surface area contributed by atoms with Gasteiger partial charge >= 0.3 is 0 Å². The van der Waals surface area contributed by atoms with Crippen LogP contribution in [0.4, 0.5) is 0 Å². The quantitative estimate of drug-likeness (QED) is 0.288. The Hall–Kier alpha value is -3.32. The second-order valence-corrected chi connectivity index (χ2v) is 8.77. The van der Waals surface area contributed by atoms with Gasteiger partial charge in [-0.1, -0.05) is 80.1 Å². The zero-order chi connectivity index (χ0) is 19.8. The molecular weight excluding hydrogens is 350 g/mol. The Balaban J connectivity index is 1.68. The third kappa shape index (κ3) is 2.16. The normalized spacial score (nSPS) is 14.3. The maximum absolute atomic E-state index is 2.41. The first-order valence-corrected chi connectivity index (χ1v) is 10.3. The van der Waals surface area contributed by atoms with Gasteiger partial charge in [-0.05, 0) is 53.4 Å². The Morgan fingerprint density at radius 3 is 1.97 bits per heavy atom. The Labute approximate surface area is 171 Å². The van der Waals surface area contributed by atoms with Crippen LogP contribution in [0.3, 0.4) is 0 Å². The molecule has 0 saturated carbocycles. The highest BCUT2D eigenvalue weighted by atomic mass is 15.0. The van der Waals surface area contributed by atoms with Gasteiger partial charge in [0.15, 0.2) is 0 Å². The fourth-order valence-electron chi connectivity index (χ4n) is 5.20. The molecule has 0 radical (unpaired) electrons. The van der Waals surface area contributed by atoms with Crippen molar-refractivity contribution in [1.29, 1.82) is 0 Å². The van der Waals surface area contributed by atoms with E-state index in [9.17, 15) is 0 Å². The van der Waals surface area contributed by atoms with E-state index in [2.05, 4.69) is 110 Å². The lowest BCUT2D eigenvalue weighted by Gasteiger charge is -2.22. The molecule has 1 aliphatic carbocycles. The van der Waals surface area contributed by atoms with Crippen molar-refractivity contribution in [2.75, 3.05) is 0 Å². The molecule has 1 nitrogen and oxygen atoms in total. The van der Waals surface area contributed by atoms with Gasteiger partial charge in [-0.3, -0.25) is 0 Å². The Kier molecular flexibility index (Phi) is 3.21. The summed E-state index contributed by atoms with van der Waals surface area (Å²) in [4.78, 5) is 0. The van der Waals surface area contributed by atoms with E-state index in [-0.39, 0.29) is 5.41 Å². The molecule has 1 aliphatic rings. The van der Waals surface area contributed by atoms with Gasteiger partial charge in [-0.25, -0.2) is 0 Å². The standard InChI is InChI=1S/C28H23N/c1-18-12-14-20-23-17-19(13-15-24(23)28(2,3)25(20)16-18)29-26-10-6-4-8-21(26)22-9-5-7-11-27(22)29/h4-17H,1-3H3. The Morgan fingerprint density at radius 1 is 0.621 bits per heavy atom. The summed E-state index contributed by atoms with van der Waals surface area (Å²) in [5, 5.41) is 2.61. The average molecular weight is 373 g/mol. The molecule has 0 fully saturated rings. The number of aromatic nitrogens is 1. The van der Waals surface area contributed by atoms with Crippen molar-refractivity contribution >= 4 is 21.8 Å². The molecule has 1 aromatic heterocycles. The zero-order valence-corrected chi connectivity index (χ0v) is 17.0. The summed E-state index contributed by atoms with van der Waals surface area (Å²) in [6.07, 6.45) is 0. The first-order valence-electron chi connectivity index (χ1n) is 10.3. The van der Waals surface area contributed by atoms with Crippen LogP contribution in [-0.4, -0.2) is 4.57 Å². The number of rotatable bonds is 1. The maximum atomic E-state index is 2.41. The van der Waals surface area contributed by atoms with Crippen LogP contribution in [-0.2, 0) is 5.41 Å². The van der Waals surface area contributed by atoms with Crippen LogP contribution in [0.1, 0.15) is 30.5 Å². The second-order valence-electron chi connectivity index (χ2n) is 8.77. The van der Waals surface area contributed by atoms with E-state index < -0.39 is 0 Å². The van der Waals surface area contributed by atoms with Crippen molar-refractivity contribution in [1.82, 2.24) is 4.57 Å². The molecule has 6 rings (SSSR count). The highest BCUT2D eigenvalue weighted by Gasteiger charge is 2.35. The predicted octanol–water partition coefficient (Wildman–Crippen LogP) is 7.40. The fourth-order valence-corrected chi connectivity index (χ4v) is 5.20. The van der Waals surface area contributed by atoms with Gasteiger partial charge in [0.1, 0.15) is 0 Å². The van der Waals surface area contributed by atoms with Gasteiger partial charge < -0.3 is 4.57 Å². The number of nitrogens with zero attached hydrogens (tertiary/aromatic N) is 1. The molecule has 4 aromatic carbocycles. The molecule has 0 unspecified atom stereocenters. The van der Waals surface area contributed by atoms with E-state index in [1.807, 2.05) is 0 Å². The molecular formula is C28H23N. The second kappa shape index (κ2) is 5.61. The molecule has 0 aliphatic heterocycles. The molecule has 0 amide bonds. The van der Waals surface area contributed by atoms with Crippen LogP contribution in [0.2, 0.25) is 0 Å². The lowest BCUT2D eigenvalue weighted by atomic mass is 9.82. The monoisotopic (exact) mass is 373 g/mol. The average Bonchev–Trinajstić information content (AvgIpc) is 3.18. The zero-order valence-electron chi connectivity index (χ0n) is 17.0. The van der Waals surface area contributed by atoms with Crippen molar-refractivity contribution in [3.05, 3.63) is 102 Å². The molecule has 5 aromatic rings. The van der Waals surface area contributed by atoms with Crippen molar-refractivity contribution in [2.45, 2.75) is 26.2 Å². The number of fused-ring (bicyclic) bond motifs is 6. The predicted molar refractivity (Wildman–Crippen MR) is 123 cm³/mol.